The first-order valence-electron chi connectivity index (χ1n) is 10.1. The van der Waals surface area contributed by atoms with Crippen LogP contribution in [0.4, 0.5) is 0 Å². The summed E-state index contributed by atoms with van der Waals surface area (Å²) in [7, 11) is 0. The minimum Gasteiger partial charge on any atom is -0.311 e. The molecule has 5 aromatic carbocycles. The van der Waals surface area contributed by atoms with E-state index in [9.17, 15) is 9.59 Å². The van der Waals surface area contributed by atoms with Crippen LogP contribution in [0.15, 0.2) is 127 Å². The predicted molar refractivity (Wildman–Crippen MR) is 127 cm³/mol. The van der Waals surface area contributed by atoms with E-state index in [-0.39, 0.29) is 45.7 Å². The first kappa shape index (κ1) is 28.0. The second-order valence-corrected chi connectivity index (χ2v) is 6.95. The van der Waals surface area contributed by atoms with Crippen molar-refractivity contribution in [3.8, 4) is 11.1 Å². The number of hydrogen-bond donors (Lipinski definition) is 0. The summed E-state index contributed by atoms with van der Waals surface area (Å²) in [5, 5.41) is 0. The third-order valence-corrected chi connectivity index (χ3v) is 4.69. The number of carbonyl (C=O) groups is 2. The standard InChI is InChI=1S/C12H9O.C10H8.C7H7O.2Fe/c13-12(11-8-4-5-9-11)10-6-2-1-3-7-10;1-2-6-9(5-1)10-7-3-4-8-10;1-6(8)7-4-2-3-5-7;;/h1-9H;1-8H;2-5H,1H3;;/q-1;-2;-1;;. The normalized spacial score (nSPS) is 9.12. The van der Waals surface area contributed by atoms with E-state index in [4.69, 9.17) is 0 Å². The van der Waals surface area contributed by atoms with Crippen molar-refractivity contribution in [2.24, 2.45) is 0 Å². The summed E-state index contributed by atoms with van der Waals surface area (Å²) < 4.78 is 0. The number of rotatable bonds is 4. The van der Waals surface area contributed by atoms with Crippen LogP contribution in [0.3, 0.4) is 0 Å². The van der Waals surface area contributed by atoms with E-state index in [0.717, 1.165) is 16.7 Å². The molecule has 172 valence electrons. The number of carbonyl (C=O) groups excluding carboxylic acids is 2. The van der Waals surface area contributed by atoms with Crippen molar-refractivity contribution in [2.75, 3.05) is 0 Å². The van der Waals surface area contributed by atoms with Gasteiger partial charge in [0.05, 0.1) is 0 Å². The quantitative estimate of drug-likeness (QED) is 0.146. The maximum absolute atomic E-state index is 11.7. The molecule has 2 nitrogen and oxygen atoms in total. The van der Waals surface area contributed by atoms with E-state index in [1.54, 1.807) is 6.92 Å². The Kier molecular flexibility index (Phi) is 12.7. The fraction of sp³-hybridized carbons (Fsp3) is 0.0345. The summed E-state index contributed by atoms with van der Waals surface area (Å²) in [5.41, 5.74) is 4.92. The molecule has 0 fully saturated rings. The number of hydrogen-bond acceptors (Lipinski definition) is 2. The smallest absolute Gasteiger partial charge is 0.112 e. The summed E-state index contributed by atoms with van der Waals surface area (Å²) in [5.74, 6) is 0.223. The molecule has 5 aromatic rings. The molecule has 0 radical (unpaired) electrons. The van der Waals surface area contributed by atoms with Crippen molar-refractivity contribution >= 4 is 11.6 Å². The molecule has 0 N–H and O–H groups in total. The van der Waals surface area contributed by atoms with Crippen molar-refractivity contribution in [1.29, 1.82) is 0 Å². The first-order chi connectivity index (χ1) is 15.1. The summed E-state index contributed by atoms with van der Waals surface area (Å²) >= 11 is 0. The summed E-state index contributed by atoms with van der Waals surface area (Å²) in [6, 6.07) is 40.7. The molecule has 5 rings (SSSR count). The number of ketones is 2. The van der Waals surface area contributed by atoms with E-state index in [1.807, 2.05) is 78.9 Å². The molecule has 0 aliphatic heterocycles. The van der Waals surface area contributed by atoms with Crippen molar-refractivity contribution in [1.82, 2.24) is 0 Å². The van der Waals surface area contributed by atoms with Crippen molar-refractivity contribution < 1.29 is 43.7 Å². The average Bonchev–Trinajstić information content (AvgIpc) is 3.63. The average molecular weight is 516 g/mol. The van der Waals surface area contributed by atoms with Gasteiger partial charge >= 0.3 is 0 Å². The number of benzene rings is 1. The van der Waals surface area contributed by atoms with Gasteiger partial charge in [-0.05, 0) is 6.92 Å². The molecule has 0 aliphatic rings. The zero-order chi connectivity index (χ0) is 21.9. The van der Waals surface area contributed by atoms with Crippen LogP contribution in [0.1, 0.15) is 33.2 Å². The fourth-order valence-corrected chi connectivity index (χ4v) is 3.02. The van der Waals surface area contributed by atoms with E-state index in [2.05, 4.69) is 48.5 Å². The van der Waals surface area contributed by atoms with E-state index >= 15 is 0 Å². The van der Waals surface area contributed by atoms with Gasteiger partial charge in [-0.1, -0.05) is 47.0 Å². The Morgan fingerprint density at radius 3 is 1.24 bits per heavy atom. The van der Waals surface area contributed by atoms with Gasteiger partial charge in [-0.3, -0.25) is 0 Å². The van der Waals surface area contributed by atoms with Crippen molar-refractivity contribution in [3.05, 3.63) is 144 Å². The van der Waals surface area contributed by atoms with E-state index < -0.39 is 0 Å². The molecule has 0 unspecified atom stereocenters. The molecule has 33 heavy (non-hydrogen) atoms. The van der Waals surface area contributed by atoms with Gasteiger partial charge in [0.15, 0.2) is 0 Å². The van der Waals surface area contributed by atoms with Crippen LogP contribution < -0.4 is 0 Å². The van der Waals surface area contributed by atoms with Gasteiger partial charge in [0.2, 0.25) is 0 Å². The Morgan fingerprint density at radius 1 is 0.515 bits per heavy atom. The maximum atomic E-state index is 11.7. The third-order valence-electron chi connectivity index (χ3n) is 4.69. The first-order valence-corrected chi connectivity index (χ1v) is 10.1. The van der Waals surface area contributed by atoms with Gasteiger partial charge in [-0.2, -0.15) is 83.9 Å². The van der Waals surface area contributed by atoms with Crippen LogP contribution in [0, 0.1) is 0 Å². The predicted octanol–water partition coefficient (Wildman–Crippen LogP) is 7.03. The van der Waals surface area contributed by atoms with Gasteiger partial charge in [-0.15, -0.1) is 12.1 Å². The van der Waals surface area contributed by atoms with Gasteiger partial charge in [0, 0.05) is 34.1 Å². The molecular formula is C29H24Fe2O2-4. The largest absolute Gasteiger partial charge is 0.311 e. The maximum Gasteiger partial charge on any atom is 0.112 e. The molecular weight excluding hydrogens is 492 g/mol. The van der Waals surface area contributed by atoms with Gasteiger partial charge in [-0.25, -0.2) is 12.1 Å². The topological polar surface area (TPSA) is 34.1 Å². The van der Waals surface area contributed by atoms with Crippen LogP contribution in [0.25, 0.3) is 11.1 Å². The van der Waals surface area contributed by atoms with E-state index in [0.29, 0.717) is 0 Å². The van der Waals surface area contributed by atoms with Crippen LogP contribution in [-0.4, -0.2) is 11.6 Å². The second kappa shape index (κ2) is 14.9. The molecule has 4 heteroatoms. The van der Waals surface area contributed by atoms with Crippen LogP contribution >= 0.6 is 0 Å². The molecule has 0 bridgehead atoms. The van der Waals surface area contributed by atoms with Crippen molar-refractivity contribution in [3.63, 3.8) is 0 Å². The third kappa shape index (κ3) is 8.80. The SMILES string of the molecule is CC(=O)[c-]1cccc1.O=C(c1ccccc1)[c-]1cccc1.[Fe].[Fe].c1cc[c-](-[c-]2cccc2)c1. The molecule has 0 spiro atoms. The van der Waals surface area contributed by atoms with Crippen molar-refractivity contribution in [2.45, 2.75) is 6.92 Å². The monoisotopic (exact) mass is 516 g/mol. The molecule has 0 amide bonds. The molecule has 0 saturated heterocycles. The fourth-order valence-electron chi connectivity index (χ4n) is 3.02. The van der Waals surface area contributed by atoms with Gasteiger partial charge in [0.25, 0.3) is 0 Å². The van der Waals surface area contributed by atoms with Crippen LogP contribution in [0.2, 0.25) is 0 Å². The van der Waals surface area contributed by atoms with Gasteiger partial charge < -0.3 is 9.59 Å². The zero-order valence-electron chi connectivity index (χ0n) is 18.1. The van der Waals surface area contributed by atoms with Gasteiger partial charge in [0.1, 0.15) is 11.6 Å². The Labute approximate surface area is 216 Å². The molecule has 0 heterocycles. The Bertz CT molecular complexity index is 1100. The summed E-state index contributed by atoms with van der Waals surface area (Å²) in [4.78, 5) is 22.2. The Balaban J connectivity index is 0.000000247. The number of Topliss-reactive ketones (excluding diaryl/α,β-unsaturated/α-hetero) is 1. The minimum atomic E-state index is 0. The van der Waals surface area contributed by atoms with E-state index in [1.165, 1.54) is 11.1 Å². The van der Waals surface area contributed by atoms with Crippen LogP contribution in [0.5, 0.6) is 0 Å². The molecule has 0 saturated carbocycles. The molecule has 0 atom stereocenters. The Hall–Kier alpha value is -3.00. The molecule has 0 aliphatic carbocycles. The molecule has 0 aromatic heterocycles. The minimum absolute atomic E-state index is 0. The second-order valence-electron chi connectivity index (χ2n) is 6.95. The Morgan fingerprint density at radius 2 is 0.879 bits per heavy atom. The zero-order valence-corrected chi connectivity index (χ0v) is 20.4. The summed E-state index contributed by atoms with van der Waals surface area (Å²) in [6.07, 6.45) is 0. The van der Waals surface area contributed by atoms with Crippen LogP contribution in [-0.2, 0) is 34.1 Å². The summed E-state index contributed by atoms with van der Waals surface area (Å²) in [6.45, 7) is 1.56.